The number of anilines is 1. The zero-order valence-electron chi connectivity index (χ0n) is 13.2. The summed E-state index contributed by atoms with van der Waals surface area (Å²) in [5, 5.41) is 3.87. The van der Waals surface area contributed by atoms with E-state index in [2.05, 4.69) is 17.0 Å². The zero-order valence-corrected chi connectivity index (χ0v) is 14.1. The monoisotopic (exact) mass is 315 g/mol. The van der Waals surface area contributed by atoms with E-state index in [-0.39, 0.29) is 5.91 Å². The Morgan fingerprint density at radius 1 is 1.41 bits per heavy atom. The fourth-order valence-electron chi connectivity index (χ4n) is 2.90. The highest BCUT2D eigenvalue weighted by molar-refractivity contribution is 7.08. The van der Waals surface area contributed by atoms with Gasteiger partial charge in [0.2, 0.25) is 0 Å². The van der Waals surface area contributed by atoms with E-state index >= 15 is 0 Å². The van der Waals surface area contributed by atoms with Gasteiger partial charge in [0.25, 0.3) is 5.91 Å². The van der Waals surface area contributed by atoms with Crippen molar-refractivity contribution in [2.75, 3.05) is 32.1 Å². The fraction of sp³-hybridized carbons (Fsp3) is 0.412. The first-order valence-corrected chi connectivity index (χ1v) is 8.46. The first-order chi connectivity index (χ1) is 10.5. The lowest BCUT2D eigenvalue weighted by Crippen LogP contribution is -2.28. The molecule has 0 aromatic carbocycles. The number of rotatable bonds is 3. The van der Waals surface area contributed by atoms with Crippen LogP contribution in [0, 0.1) is 6.92 Å². The zero-order chi connectivity index (χ0) is 15.7. The van der Waals surface area contributed by atoms with Crippen LogP contribution in [0.4, 0.5) is 5.69 Å². The lowest BCUT2D eigenvalue weighted by atomic mass is 10.0. The van der Waals surface area contributed by atoms with Crippen LogP contribution in [0.3, 0.4) is 0 Å². The van der Waals surface area contributed by atoms with Crippen molar-refractivity contribution in [1.82, 2.24) is 9.88 Å². The maximum Gasteiger partial charge on any atom is 0.254 e. The molecule has 116 valence electrons. The molecule has 0 N–H and O–H groups in total. The lowest BCUT2D eigenvalue weighted by Gasteiger charge is -2.18. The van der Waals surface area contributed by atoms with Crippen molar-refractivity contribution in [3.8, 4) is 0 Å². The predicted molar refractivity (Wildman–Crippen MR) is 90.9 cm³/mol. The van der Waals surface area contributed by atoms with E-state index in [1.165, 1.54) is 5.69 Å². The quantitative estimate of drug-likeness (QED) is 0.873. The Kier molecular flexibility index (Phi) is 4.16. The summed E-state index contributed by atoms with van der Waals surface area (Å²) in [5.41, 5.74) is 4.11. The minimum atomic E-state index is 0.143. The Morgan fingerprint density at radius 3 is 2.91 bits per heavy atom. The summed E-state index contributed by atoms with van der Waals surface area (Å²) in [7, 11) is 4.08. The average molecular weight is 315 g/mol. The number of thiophene rings is 1. The van der Waals surface area contributed by atoms with E-state index < -0.39 is 0 Å². The van der Waals surface area contributed by atoms with Gasteiger partial charge >= 0.3 is 0 Å². The fourth-order valence-corrected chi connectivity index (χ4v) is 3.53. The second-order valence-electron chi connectivity index (χ2n) is 6.03. The molecule has 3 heterocycles. The molecule has 0 unspecified atom stereocenters. The number of pyridine rings is 1. The van der Waals surface area contributed by atoms with E-state index in [4.69, 9.17) is 4.98 Å². The van der Waals surface area contributed by atoms with Gasteiger partial charge in [0.1, 0.15) is 0 Å². The van der Waals surface area contributed by atoms with Crippen molar-refractivity contribution in [3.05, 3.63) is 45.9 Å². The smallest absolute Gasteiger partial charge is 0.254 e. The van der Waals surface area contributed by atoms with Crippen molar-refractivity contribution in [3.63, 3.8) is 0 Å². The molecule has 0 spiro atoms. The molecule has 0 aliphatic carbocycles. The molecule has 1 aliphatic rings. The Balaban J connectivity index is 1.77. The molecule has 3 rings (SSSR count). The van der Waals surface area contributed by atoms with E-state index in [9.17, 15) is 4.79 Å². The van der Waals surface area contributed by atoms with Gasteiger partial charge in [0, 0.05) is 55.6 Å². The SMILES string of the molecule is Cc1cc(N(C)C)cc([C@@H]2CCN(C(=O)c3ccsc3)C2)n1. The molecule has 0 saturated carbocycles. The number of likely N-dealkylation sites (tertiary alicyclic amines) is 1. The second kappa shape index (κ2) is 6.08. The van der Waals surface area contributed by atoms with Crippen molar-refractivity contribution >= 4 is 22.9 Å². The summed E-state index contributed by atoms with van der Waals surface area (Å²) < 4.78 is 0. The van der Waals surface area contributed by atoms with Crippen molar-refractivity contribution in [2.45, 2.75) is 19.3 Å². The van der Waals surface area contributed by atoms with Gasteiger partial charge < -0.3 is 9.80 Å². The van der Waals surface area contributed by atoms with Crippen LogP contribution in [-0.4, -0.2) is 43.0 Å². The van der Waals surface area contributed by atoms with Gasteiger partial charge in [-0.2, -0.15) is 11.3 Å². The largest absolute Gasteiger partial charge is 0.378 e. The molecule has 1 aliphatic heterocycles. The van der Waals surface area contributed by atoms with E-state index in [1.807, 2.05) is 42.7 Å². The summed E-state index contributed by atoms with van der Waals surface area (Å²) in [5.74, 6) is 0.477. The third kappa shape index (κ3) is 2.99. The molecule has 2 aromatic rings. The minimum Gasteiger partial charge on any atom is -0.378 e. The maximum absolute atomic E-state index is 12.4. The molecule has 2 aromatic heterocycles. The van der Waals surface area contributed by atoms with Crippen LogP contribution in [0.25, 0.3) is 0 Å². The third-order valence-corrected chi connectivity index (χ3v) is 4.82. The van der Waals surface area contributed by atoms with Gasteiger partial charge in [-0.25, -0.2) is 0 Å². The number of carbonyl (C=O) groups excluding carboxylic acids is 1. The molecule has 1 amide bonds. The molecular formula is C17H21N3OS. The highest BCUT2D eigenvalue weighted by atomic mass is 32.1. The van der Waals surface area contributed by atoms with Crippen LogP contribution in [0.1, 0.15) is 34.1 Å². The number of aryl methyl sites for hydroxylation is 1. The van der Waals surface area contributed by atoms with Gasteiger partial charge in [-0.1, -0.05) is 0 Å². The summed E-state index contributed by atoms with van der Waals surface area (Å²) >= 11 is 1.57. The first-order valence-electron chi connectivity index (χ1n) is 7.52. The van der Waals surface area contributed by atoms with Crippen LogP contribution in [0.2, 0.25) is 0 Å². The van der Waals surface area contributed by atoms with Crippen molar-refractivity contribution in [1.29, 1.82) is 0 Å². The van der Waals surface area contributed by atoms with Gasteiger partial charge in [-0.05, 0) is 36.9 Å². The van der Waals surface area contributed by atoms with Crippen molar-refractivity contribution in [2.24, 2.45) is 0 Å². The van der Waals surface area contributed by atoms with E-state index in [0.29, 0.717) is 5.92 Å². The molecule has 0 bridgehead atoms. The lowest BCUT2D eigenvalue weighted by molar-refractivity contribution is 0.0791. The second-order valence-corrected chi connectivity index (χ2v) is 6.81. The van der Waals surface area contributed by atoms with Crippen LogP contribution in [-0.2, 0) is 0 Å². The molecule has 1 saturated heterocycles. The van der Waals surface area contributed by atoms with Gasteiger partial charge in [0.05, 0.1) is 5.56 Å². The molecule has 1 fully saturated rings. The molecule has 5 heteroatoms. The highest BCUT2D eigenvalue weighted by Gasteiger charge is 2.29. The van der Waals surface area contributed by atoms with Crippen LogP contribution in [0.15, 0.2) is 29.0 Å². The van der Waals surface area contributed by atoms with Gasteiger partial charge in [0.15, 0.2) is 0 Å². The number of hydrogen-bond acceptors (Lipinski definition) is 4. The minimum absolute atomic E-state index is 0.143. The summed E-state index contributed by atoms with van der Waals surface area (Å²) in [6, 6.07) is 6.14. The molecule has 1 atom stereocenters. The topological polar surface area (TPSA) is 36.4 Å². The highest BCUT2D eigenvalue weighted by Crippen LogP contribution is 2.29. The van der Waals surface area contributed by atoms with Crippen LogP contribution in [0.5, 0.6) is 0 Å². The molecular weight excluding hydrogens is 294 g/mol. The number of carbonyl (C=O) groups is 1. The van der Waals surface area contributed by atoms with Gasteiger partial charge in [-0.15, -0.1) is 0 Å². The average Bonchev–Trinajstić information content (AvgIpc) is 3.17. The number of amides is 1. The number of hydrogen-bond donors (Lipinski definition) is 0. The van der Waals surface area contributed by atoms with Crippen LogP contribution >= 0.6 is 11.3 Å². The maximum atomic E-state index is 12.4. The number of nitrogens with zero attached hydrogens (tertiary/aromatic N) is 3. The van der Waals surface area contributed by atoms with Gasteiger partial charge in [-0.3, -0.25) is 9.78 Å². The summed E-state index contributed by atoms with van der Waals surface area (Å²) in [6.45, 7) is 3.60. The van der Waals surface area contributed by atoms with Crippen LogP contribution < -0.4 is 4.90 Å². The van der Waals surface area contributed by atoms with Crippen molar-refractivity contribution < 1.29 is 4.79 Å². The Labute approximate surface area is 135 Å². The number of aromatic nitrogens is 1. The molecule has 22 heavy (non-hydrogen) atoms. The Morgan fingerprint density at radius 2 is 2.23 bits per heavy atom. The third-order valence-electron chi connectivity index (χ3n) is 4.14. The predicted octanol–water partition coefficient (Wildman–Crippen LogP) is 3.15. The van der Waals surface area contributed by atoms with E-state index in [0.717, 1.165) is 36.5 Å². The summed E-state index contributed by atoms with van der Waals surface area (Å²) in [4.78, 5) is 21.2. The molecule has 4 nitrogen and oxygen atoms in total. The Bertz CT molecular complexity index is 667. The normalized spacial score (nSPS) is 17.8. The summed E-state index contributed by atoms with van der Waals surface area (Å²) in [6.07, 6.45) is 0.985. The standard InChI is InChI=1S/C17H21N3OS/c1-12-8-15(19(2)3)9-16(18-12)13-4-6-20(10-13)17(21)14-5-7-22-11-14/h5,7-9,11,13H,4,6,10H2,1-3H3/t13-/m1/s1. The molecule has 0 radical (unpaired) electrons. The van der Waals surface area contributed by atoms with E-state index in [1.54, 1.807) is 11.3 Å². The first kappa shape index (κ1) is 15.0. The Hall–Kier alpha value is -1.88.